The number of carbonyl (C=O) groups excluding carboxylic acids is 5. The Balaban J connectivity index is 4.88. The van der Waals surface area contributed by atoms with Gasteiger partial charge in [0.2, 0.25) is 5.91 Å². The second kappa shape index (κ2) is 15.1. The highest BCUT2D eigenvalue weighted by Gasteiger charge is 2.26. The van der Waals surface area contributed by atoms with Crippen molar-refractivity contribution in [3.63, 3.8) is 0 Å². The van der Waals surface area contributed by atoms with Crippen LogP contribution in [0, 0.1) is 0 Å². The number of unbranched alkanes of at least 4 members (excludes halogenated alkanes) is 1. The summed E-state index contributed by atoms with van der Waals surface area (Å²) >= 11 is 0. The first-order valence-electron chi connectivity index (χ1n) is 10.3. The molecule has 0 rings (SSSR count). The van der Waals surface area contributed by atoms with Crippen molar-refractivity contribution in [1.29, 1.82) is 0 Å². The quantitative estimate of drug-likeness (QED) is 0.221. The molecular formula is C20H33NO11. The Kier molecular flexibility index (Phi) is 13.8. The maximum atomic E-state index is 12.0. The Labute approximate surface area is 186 Å². The minimum atomic E-state index is -1.42. The summed E-state index contributed by atoms with van der Waals surface area (Å²) in [4.78, 5) is 58.8. The zero-order valence-electron chi connectivity index (χ0n) is 19.0. The number of nitrogens with one attached hydrogen (secondary N) is 1. The number of carbonyl (C=O) groups is 5. The average molecular weight is 463 g/mol. The zero-order valence-corrected chi connectivity index (χ0v) is 19.0. The first kappa shape index (κ1) is 29.3. The molecule has 0 bridgehead atoms. The molecule has 0 aromatic carbocycles. The van der Waals surface area contributed by atoms with Crippen molar-refractivity contribution in [2.45, 2.75) is 84.3 Å². The van der Waals surface area contributed by atoms with E-state index in [1.165, 1.54) is 27.7 Å². The third-order valence-corrected chi connectivity index (χ3v) is 3.91. The van der Waals surface area contributed by atoms with Gasteiger partial charge in [-0.15, -0.1) is 0 Å². The van der Waals surface area contributed by atoms with Crippen molar-refractivity contribution in [2.75, 3.05) is 13.2 Å². The lowest BCUT2D eigenvalue weighted by Crippen LogP contribution is -2.44. The highest BCUT2D eigenvalue weighted by atomic mass is 16.6. The van der Waals surface area contributed by atoms with E-state index in [2.05, 4.69) is 5.32 Å². The predicted molar refractivity (Wildman–Crippen MR) is 108 cm³/mol. The van der Waals surface area contributed by atoms with E-state index in [1.54, 1.807) is 0 Å². The molecular weight excluding hydrogens is 430 g/mol. The monoisotopic (exact) mass is 463 g/mol. The molecule has 0 aliphatic heterocycles. The van der Waals surface area contributed by atoms with Gasteiger partial charge >= 0.3 is 23.9 Å². The molecule has 1 amide bonds. The molecule has 4 unspecified atom stereocenters. The first-order chi connectivity index (χ1) is 14.9. The summed E-state index contributed by atoms with van der Waals surface area (Å²) in [5.41, 5.74) is 0. The number of aliphatic hydroxyl groups excluding tert-OH is 2. The topological polar surface area (TPSA) is 175 Å². The van der Waals surface area contributed by atoms with Gasteiger partial charge in [-0.2, -0.15) is 0 Å². The van der Waals surface area contributed by atoms with Crippen LogP contribution in [0.1, 0.15) is 53.9 Å². The van der Waals surface area contributed by atoms with E-state index in [9.17, 15) is 24.0 Å². The SMILES string of the molecule is CCCCC(=O)NC(COC(=O)C(C)OC(=O)C(C)O)COC(=O)C(C)OC(=O)C(C)O. The van der Waals surface area contributed by atoms with Crippen LogP contribution in [0.4, 0.5) is 0 Å². The van der Waals surface area contributed by atoms with Gasteiger partial charge < -0.3 is 34.5 Å². The molecule has 4 atom stereocenters. The number of rotatable bonds is 14. The largest absolute Gasteiger partial charge is 0.461 e. The van der Waals surface area contributed by atoms with E-state index in [1.807, 2.05) is 6.92 Å². The van der Waals surface area contributed by atoms with Crippen molar-refractivity contribution in [3.8, 4) is 0 Å². The fourth-order valence-corrected chi connectivity index (χ4v) is 2.01. The Hall–Kier alpha value is -2.73. The van der Waals surface area contributed by atoms with Crippen LogP contribution in [0.5, 0.6) is 0 Å². The molecule has 0 aliphatic carbocycles. The molecule has 32 heavy (non-hydrogen) atoms. The molecule has 0 radical (unpaired) electrons. The normalized spacial score (nSPS) is 15.3. The van der Waals surface area contributed by atoms with Crippen LogP contribution < -0.4 is 5.32 Å². The molecule has 3 N–H and O–H groups in total. The van der Waals surface area contributed by atoms with E-state index in [0.717, 1.165) is 6.42 Å². The van der Waals surface area contributed by atoms with Crippen LogP contribution in [0.2, 0.25) is 0 Å². The van der Waals surface area contributed by atoms with Gasteiger partial charge in [0.15, 0.2) is 12.2 Å². The molecule has 0 saturated heterocycles. The van der Waals surface area contributed by atoms with E-state index in [0.29, 0.717) is 6.42 Å². The molecule has 184 valence electrons. The van der Waals surface area contributed by atoms with Gasteiger partial charge in [0.25, 0.3) is 0 Å². The number of aliphatic hydroxyl groups is 2. The Morgan fingerprint density at radius 3 is 1.50 bits per heavy atom. The summed E-state index contributed by atoms with van der Waals surface area (Å²) in [5, 5.41) is 20.8. The summed E-state index contributed by atoms with van der Waals surface area (Å²) in [6, 6.07) is -0.924. The van der Waals surface area contributed by atoms with Crippen LogP contribution in [-0.2, 0) is 42.9 Å². The lowest BCUT2D eigenvalue weighted by atomic mass is 10.2. The van der Waals surface area contributed by atoms with Crippen LogP contribution in [-0.4, -0.2) is 83.7 Å². The fourth-order valence-electron chi connectivity index (χ4n) is 2.01. The summed E-state index contributed by atoms with van der Waals surface area (Å²) in [7, 11) is 0. The van der Waals surface area contributed by atoms with Crippen LogP contribution in [0.3, 0.4) is 0 Å². The van der Waals surface area contributed by atoms with Crippen LogP contribution in [0.15, 0.2) is 0 Å². The maximum Gasteiger partial charge on any atom is 0.347 e. The number of amides is 1. The van der Waals surface area contributed by atoms with E-state index in [4.69, 9.17) is 29.2 Å². The lowest BCUT2D eigenvalue weighted by molar-refractivity contribution is -0.174. The lowest BCUT2D eigenvalue weighted by Gasteiger charge is -2.21. The van der Waals surface area contributed by atoms with Gasteiger partial charge in [-0.05, 0) is 34.1 Å². The molecule has 0 aliphatic rings. The van der Waals surface area contributed by atoms with Crippen molar-refractivity contribution in [2.24, 2.45) is 0 Å². The molecule has 0 aromatic rings. The Morgan fingerprint density at radius 2 is 1.16 bits per heavy atom. The molecule has 12 heteroatoms. The zero-order chi connectivity index (χ0) is 24.8. The maximum absolute atomic E-state index is 12.0. The molecule has 12 nitrogen and oxygen atoms in total. The number of ether oxygens (including phenoxy) is 4. The summed E-state index contributed by atoms with van der Waals surface area (Å²) in [6.45, 7) is 5.95. The molecule has 0 spiro atoms. The first-order valence-corrected chi connectivity index (χ1v) is 10.3. The molecule has 0 heterocycles. The predicted octanol–water partition coefficient (Wildman–Crippen LogP) is -0.627. The summed E-state index contributed by atoms with van der Waals surface area (Å²) in [6.07, 6.45) is -3.84. The third-order valence-electron chi connectivity index (χ3n) is 3.91. The van der Waals surface area contributed by atoms with E-state index in [-0.39, 0.29) is 12.3 Å². The second-order valence-corrected chi connectivity index (χ2v) is 7.14. The highest BCUT2D eigenvalue weighted by molar-refractivity contribution is 5.81. The number of esters is 4. The van der Waals surface area contributed by atoms with E-state index >= 15 is 0 Å². The Morgan fingerprint density at radius 1 is 0.750 bits per heavy atom. The molecule has 0 saturated carbocycles. The van der Waals surface area contributed by atoms with Crippen LogP contribution >= 0.6 is 0 Å². The third kappa shape index (κ3) is 12.2. The van der Waals surface area contributed by atoms with E-state index < -0.39 is 67.5 Å². The van der Waals surface area contributed by atoms with Crippen molar-refractivity contribution in [3.05, 3.63) is 0 Å². The van der Waals surface area contributed by atoms with Gasteiger partial charge in [-0.1, -0.05) is 13.3 Å². The van der Waals surface area contributed by atoms with Gasteiger partial charge in [0, 0.05) is 6.42 Å². The van der Waals surface area contributed by atoms with Gasteiger partial charge in [-0.25, -0.2) is 19.2 Å². The van der Waals surface area contributed by atoms with Gasteiger partial charge in [0.1, 0.15) is 25.4 Å². The molecule has 0 aromatic heterocycles. The highest BCUT2D eigenvalue weighted by Crippen LogP contribution is 2.03. The van der Waals surface area contributed by atoms with Gasteiger partial charge in [-0.3, -0.25) is 4.79 Å². The summed E-state index contributed by atoms with van der Waals surface area (Å²) < 4.78 is 19.5. The number of hydrogen-bond acceptors (Lipinski definition) is 11. The van der Waals surface area contributed by atoms with Crippen molar-refractivity contribution >= 4 is 29.8 Å². The van der Waals surface area contributed by atoms with Gasteiger partial charge in [0.05, 0.1) is 6.04 Å². The average Bonchev–Trinajstić information content (AvgIpc) is 2.72. The Bertz CT molecular complexity index is 603. The summed E-state index contributed by atoms with van der Waals surface area (Å²) in [5.74, 6) is -4.23. The minimum absolute atomic E-state index is 0.208. The molecule has 0 fully saturated rings. The van der Waals surface area contributed by atoms with Crippen LogP contribution in [0.25, 0.3) is 0 Å². The standard InChI is InChI=1S/C20H33NO11/c1-6-7-8-16(24)21-15(9-29-19(27)13(4)31-17(25)11(2)22)10-30-20(28)14(5)32-18(26)12(3)23/h11-15,22-23H,6-10H2,1-5H3,(H,21,24). The fraction of sp³-hybridized carbons (Fsp3) is 0.750. The second-order valence-electron chi connectivity index (χ2n) is 7.14. The number of hydrogen-bond donors (Lipinski definition) is 3. The van der Waals surface area contributed by atoms with Crippen molar-refractivity contribution < 1.29 is 53.1 Å². The van der Waals surface area contributed by atoms with Crippen molar-refractivity contribution in [1.82, 2.24) is 5.32 Å². The smallest absolute Gasteiger partial charge is 0.347 e. The minimum Gasteiger partial charge on any atom is -0.461 e.